The number of nitrogens with zero attached hydrogens (tertiary/aromatic N) is 2. The summed E-state index contributed by atoms with van der Waals surface area (Å²) in [7, 11) is 2.14. The molecule has 0 aliphatic carbocycles. The smallest absolute Gasteiger partial charge is 0.129 e. The zero-order valence-electron chi connectivity index (χ0n) is 11.5. The Bertz CT molecular complexity index is 514. The molecule has 0 aromatic heterocycles. The van der Waals surface area contributed by atoms with E-state index in [1.165, 1.54) is 12.1 Å². The van der Waals surface area contributed by atoms with Crippen molar-refractivity contribution < 1.29 is 4.39 Å². The molecule has 0 radical (unpaired) electrons. The number of fused-ring (bicyclic) bond motifs is 1. The van der Waals surface area contributed by atoms with Gasteiger partial charge in [-0.05, 0) is 43.6 Å². The predicted molar refractivity (Wildman–Crippen MR) is 73.8 cm³/mol. The molecule has 0 saturated carbocycles. The van der Waals surface area contributed by atoms with Gasteiger partial charge in [0.05, 0.1) is 0 Å². The maximum Gasteiger partial charge on any atom is 0.129 e. The summed E-state index contributed by atoms with van der Waals surface area (Å²) in [5.41, 5.74) is 1.85. The van der Waals surface area contributed by atoms with Crippen molar-refractivity contribution in [2.24, 2.45) is 5.92 Å². The molecule has 2 aliphatic heterocycles. The van der Waals surface area contributed by atoms with E-state index in [2.05, 4.69) is 23.8 Å². The fraction of sp³-hybridized carbons (Fsp3) is 0.533. The van der Waals surface area contributed by atoms with E-state index in [9.17, 15) is 4.39 Å². The highest BCUT2D eigenvalue weighted by atomic mass is 19.1. The second-order valence-electron chi connectivity index (χ2n) is 5.87. The predicted octanol–water partition coefficient (Wildman–Crippen LogP) is 2.31. The molecule has 1 aromatic rings. The van der Waals surface area contributed by atoms with Crippen molar-refractivity contribution in [1.29, 1.82) is 5.41 Å². The van der Waals surface area contributed by atoms with Crippen LogP contribution in [-0.4, -0.2) is 41.8 Å². The average molecular weight is 261 g/mol. The van der Waals surface area contributed by atoms with E-state index >= 15 is 0 Å². The summed E-state index contributed by atoms with van der Waals surface area (Å²) in [5, 5.41) is 8.31. The van der Waals surface area contributed by atoms with E-state index < -0.39 is 0 Å². The molecule has 1 N–H and O–H groups in total. The minimum atomic E-state index is -0.248. The summed E-state index contributed by atoms with van der Waals surface area (Å²) in [4.78, 5) is 4.50. The monoisotopic (exact) mass is 261 g/mol. The first-order valence-electron chi connectivity index (χ1n) is 6.89. The van der Waals surface area contributed by atoms with Gasteiger partial charge < -0.3 is 9.80 Å². The third-order valence-corrected chi connectivity index (χ3v) is 4.42. The summed E-state index contributed by atoms with van der Waals surface area (Å²) in [6.45, 7) is 5.15. The third kappa shape index (κ3) is 2.14. The fourth-order valence-electron chi connectivity index (χ4n) is 3.41. The van der Waals surface area contributed by atoms with Gasteiger partial charge in [-0.25, -0.2) is 4.39 Å². The van der Waals surface area contributed by atoms with Crippen LogP contribution in [0.1, 0.15) is 24.5 Å². The normalized spacial score (nSPS) is 27.7. The van der Waals surface area contributed by atoms with Gasteiger partial charge in [0.15, 0.2) is 0 Å². The molecule has 1 aromatic carbocycles. The van der Waals surface area contributed by atoms with Gasteiger partial charge in [0.2, 0.25) is 0 Å². The molecule has 1 fully saturated rings. The largest absolute Gasteiger partial charge is 0.349 e. The summed E-state index contributed by atoms with van der Waals surface area (Å²) < 4.78 is 13.3. The molecule has 0 spiro atoms. The van der Waals surface area contributed by atoms with E-state index in [4.69, 9.17) is 5.41 Å². The number of piperidine rings is 1. The number of benzene rings is 1. The molecule has 19 heavy (non-hydrogen) atoms. The molecule has 4 heteroatoms. The summed E-state index contributed by atoms with van der Waals surface area (Å²) in [6.07, 6.45) is 1.08. The number of amidine groups is 1. The summed E-state index contributed by atoms with van der Waals surface area (Å²) >= 11 is 0. The Morgan fingerprint density at radius 3 is 2.89 bits per heavy atom. The van der Waals surface area contributed by atoms with Crippen LogP contribution in [0.15, 0.2) is 18.2 Å². The molecule has 3 rings (SSSR count). The minimum absolute atomic E-state index is 0.248. The van der Waals surface area contributed by atoms with Crippen LogP contribution in [0.2, 0.25) is 0 Å². The minimum Gasteiger partial charge on any atom is -0.349 e. The van der Waals surface area contributed by atoms with Crippen LogP contribution in [0.3, 0.4) is 0 Å². The van der Waals surface area contributed by atoms with Crippen LogP contribution in [0, 0.1) is 17.1 Å². The van der Waals surface area contributed by atoms with Crippen molar-refractivity contribution in [3.63, 3.8) is 0 Å². The Balaban J connectivity index is 1.84. The molecule has 3 nitrogen and oxygen atoms in total. The van der Waals surface area contributed by atoms with E-state index in [0.29, 0.717) is 17.8 Å². The van der Waals surface area contributed by atoms with Crippen molar-refractivity contribution in [1.82, 2.24) is 9.80 Å². The average Bonchev–Trinajstić information content (AvgIpc) is 2.67. The Hall–Kier alpha value is -1.42. The number of rotatable bonds is 1. The van der Waals surface area contributed by atoms with Crippen LogP contribution >= 0.6 is 0 Å². The number of halogens is 1. The second-order valence-corrected chi connectivity index (χ2v) is 5.87. The SMILES string of the molecule is CC1CN(C)CCC1N1Cc2ccc(F)cc2C1=N. The van der Waals surface area contributed by atoms with Crippen LogP contribution < -0.4 is 0 Å². The molecule has 2 atom stereocenters. The van der Waals surface area contributed by atoms with Gasteiger partial charge in [-0.15, -0.1) is 0 Å². The lowest BCUT2D eigenvalue weighted by Crippen LogP contribution is -2.49. The first-order chi connectivity index (χ1) is 9.06. The van der Waals surface area contributed by atoms with Gasteiger partial charge in [0, 0.05) is 24.7 Å². The first kappa shape index (κ1) is 12.6. The van der Waals surface area contributed by atoms with E-state index in [0.717, 1.165) is 37.2 Å². The molecule has 2 aliphatic rings. The molecule has 1 saturated heterocycles. The van der Waals surface area contributed by atoms with Gasteiger partial charge in [0.25, 0.3) is 0 Å². The van der Waals surface area contributed by atoms with Crippen LogP contribution in [-0.2, 0) is 6.54 Å². The second kappa shape index (κ2) is 4.60. The highest BCUT2D eigenvalue weighted by molar-refractivity contribution is 6.00. The Morgan fingerprint density at radius 2 is 2.16 bits per heavy atom. The zero-order valence-corrected chi connectivity index (χ0v) is 11.5. The first-order valence-corrected chi connectivity index (χ1v) is 6.89. The van der Waals surface area contributed by atoms with Crippen molar-refractivity contribution >= 4 is 5.84 Å². The Labute approximate surface area is 113 Å². The van der Waals surface area contributed by atoms with Crippen molar-refractivity contribution in [3.8, 4) is 0 Å². The number of hydrogen-bond donors (Lipinski definition) is 1. The van der Waals surface area contributed by atoms with Crippen LogP contribution in [0.5, 0.6) is 0 Å². The lowest BCUT2D eigenvalue weighted by Gasteiger charge is -2.40. The highest BCUT2D eigenvalue weighted by Crippen LogP contribution is 2.30. The van der Waals surface area contributed by atoms with Crippen LogP contribution in [0.25, 0.3) is 0 Å². The number of nitrogens with one attached hydrogen (secondary N) is 1. The maximum atomic E-state index is 13.3. The van der Waals surface area contributed by atoms with Crippen LogP contribution in [0.4, 0.5) is 4.39 Å². The van der Waals surface area contributed by atoms with E-state index in [1.54, 1.807) is 0 Å². The summed E-state index contributed by atoms with van der Waals surface area (Å²) in [6, 6.07) is 5.21. The Kier molecular flexibility index (Phi) is 3.05. The molecule has 2 heterocycles. The standard InChI is InChI=1S/C15H20FN3/c1-10-8-18(2)6-5-14(10)19-9-11-3-4-12(16)7-13(11)15(19)17/h3-4,7,10,14,17H,5-6,8-9H2,1-2H3. The van der Waals surface area contributed by atoms with Crippen molar-refractivity contribution in [3.05, 3.63) is 35.1 Å². The van der Waals surface area contributed by atoms with Gasteiger partial charge >= 0.3 is 0 Å². The number of likely N-dealkylation sites (tertiary alicyclic amines) is 1. The van der Waals surface area contributed by atoms with Gasteiger partial charge in [-0.2, -0.15) is 0 Å². The molecular formula is C15H20FN3. The fourth-order valence-corrected chi connectivity index (χ4v) is 3.41. The molecule has 102 valence electrons. The number of hydrogen-bond acceptors (Lipinski definition) is 2. The molecule has 2 unspecified atom stereocenters. The summed E-state index contributed by atoms with van der Waals surface area (Å²) in [5.74, 6) is 0.788. The highest BCUT2D eigenvalue weighted by Gasteiger charge is 2.35. The van der Waals surface area contributed by atoms with E-state index in [1.807, 2.05) is 6.07 Å². The quantitative estimate of drug-likeness (QED) is 0.841. The van der Waals surface area contributed by atoms with E-state index in [-0.39, 0.29) is 5.82 Å². The van der Waals surface area contributed by atoms with Gasteiger partial charge in [0.1, 0.15) is 11.7 Å². The molecule has 0 amide bonds. The van der Waals surface area contributed by atoms with Crippen molar-refractivity contribution in [2.45, 2.75) is 25.9 Å². The van der Waals surface area contributed by atoms with Gasteiger partial charge in [-0.1, -0.05) is 13.0 Å². The Morgan fingerprint density at radius 1 is 1.37 bits per heavy atom. The van der Waals surface area contributed by atoms with Crippen molar-refractivity contribution in [2.75, 3.05) is 20.1 Å². The lowest BCUT2D eigenvalue weighted by molar-refractivity contribution is 0.120. The van der Waals surface area contributed by atoms with Gasteiger partial charge in [-0.3, -0.25) is 5.41 Å². The molecule has 0 bridgehead atoms. The maximum absolute atomic E-state index is 13.3. The molecular weight excluding hydrogens is 241 g/mol. The third-order valence-electron chi connectivity index (χ3n) is 4.42. The lowest BCUT2D eigenvalue weighted by atomic mass is 9.93. The topological polar surface area (TPSA) is 30.3 Å². The zero-order chi connectivity index (χ0) is 13.6.